The number of carbonyl (C=O) groups excluding carboxylic acids is 1. The van der Waals surface area contributed by atoms with E-state index in [1.807, 2.05) is 0 Å². The van der Waals surface area contributed by atoms with Gasteiger partial charge in [0.05, 0.1) is 17.1 Å². The Kier molecular flexibility index (Phi) is 3.08. The third kappa shape index (κ3) is 2.51. The molecule has 4 nitrogen and oxygen atoms in total. The highest BCUT2D eigenvalue weighted by molar-refractivity contribution is 7.91. The van der Waals surface area contributed by atoms with Gasteiger partial charge in [0.1, 0.15) is 6.29 Å². The monoisotopic (exact) mass is 206 g/mol. The summed E-state index contributed by atoms with van der Waals surface area (Å²) in [5, 5.41) is 0. The third-order valence-corrected chi connectivity index (χ3v) is 4.34. The highest BCUT2D eigenvalue weighted by atomic mass is 32.2. The lowest BCUT2D eigenvalue weighted by atomic mass is 9.96. The summed E-state index contributed by atoms with van der Waals surface area (Å²) < 4.78 is 27.8. The highest BCUT2D eigenvalue weighted by Crippen LogP contribution is 2.28. The molecule has 0 spiro atoms. The molecular formula is C8H14O4S. The zero-order chi connectivity index (χ0) is 9.95. The highest BCUT2D eigenvalue weighted by Gasteiger charge is 2.38. The van der Waals surface area contributed by atoms with Gasteiger partial charge in [0.25, 0.3) is 0 Å². The van der Waals surface area contributed by atoms with Crippen LogP contribution in [-0.2, 0) is 19.4 Å². The summed E-state index contributed by atoms with van der Waals surface area (Å²) in [4.78, 5) is 10.4. The number of hydrogen-bond acceptors (Lipinski definition) is 4. The predicted octanol–water partition coefficient (Wildman–Crippen LogP) is 0.169. The number of carbonyl (C=O) groups is 1. The molecule has 0 aromatic rings. The molecule has 1 saturated heterocycles. The first-order valence-electron chi connectivity index (χ1n) is 4.23. The number of aldehydes is 1. The van der Waals surface area contributed by atoms with E-state index in [1.54, 1.807) is 0 Å². The van der Waals surface area contributed by atoms with Crippen LogP contribution in [0.15, 0.2) is 0 Å². The van der Waals surface area contributed by atoms with E-state index in [2.05, 4.69) is 0 Å². The second kappa shape index (κ2) is 3.75. The maximum Gasteiger partial charge on any atom is 0.153 e. The van der Waals surface area contributed by atoms with Gasteiger partial charge >= 0.3 is 0 Å². The van der Waals surface area contributed by atoms with Crippen LogP contribution in [0, 0.1) is 0 Å². The van der Waals surface area contributed by atoms with Crippen LogP contribution in [0.2, 0.25) is 0 Å². The van der Waals surface area contributed by atoms with E-state index in [1.165, 1.54) is 7.11 Å². The zero-order valence-electron chi connectivity index (χ0n) is 7.65. The van der Waals surface area contributed by atoms with Crippen molar-refractivity contribution >= 4 is 16.1 Å². The van der Waals surface area contributed by atoms with Gasteiger partial charge in [0, 0.05) is 13.5 Å². The number of methoxy groups -OCH3 is 1. The molecule has 0 N–H and O–H groups in total. The van der Waals surface area contributed by atoms with Gasteiger partial charge in [-0.1, -0.05) is 0 Å². The molecule has 1 atom stereocenters. The van der Waals surface area contributed by atoms with E-state index in [-0.39, 0.29) is 17.9 Å². The summed E-state index contributed by atoms with van der Waals surface area (Å²) in [6.07, 6.45) is 2.14. The largest absolute Gasteiger partial charge is 0.377 e. The average molecular weight is 206 g/mol. The molecule has 0 amide bonds. The normalized spacial score (nSPS) is 32.7. The summed E-state index contributed by atoms with van der Waals surface area (Å²) in [5.74, 6) is 0.201. The topological polar surface area (TPSA) is 60.4 Å². The van der Waals surface area contributed by atoms with Crippen molar-refractivity contribution in [3.05, 3.63) is 0 Å². The smallest absolute Gasteiger partial charge is 0.153 e. The second-order valence-corrected chi connectivity index (χ2v) is 5.64. The SMILES string of the molecule is COC1(CC=O)CCCS(=O)(=O)C1. The molecule has 0 aromatic heterocycles. The lowest BCUT2D eigenvalue weighted by molar-refractivity contribution is -0.113. The fraction of sp³-hybridized carbons (Fsp3) is 0.875. The van der Waals surface area contributed by atoms with Gasteiger partial charge in [-0.2, -0.15) is 0 Å². The molecule has 76 valence electrons. The molecule has 1 fully saturated rings. The first-order chi connectivity index (χ1) is 6.04. The van der Waals surface area contributed by atoms with Crippen molar-refractivity contribution in [2.75, 3.05) is 18.6 Å². The Morgan fingerprint density at radius 1 is 1.54 bits per heavy atom. The van der Waals surface area contributed by atoms with Crippen LogP contribution in [-0.4, -0.2) is 38.9 Å². The molecule has 1 heterocycles. The van der Waals surface area contributed by atoms with E-state index in [4.69, 9.17) is 4.74 Å². The van der Waals surface area contributed by atoms with Crippen molar-refractivity contribution < 1.29 is 17.9 Å². The molecule has 0 saturated carbocycles. The van der Waals surface area contributed by atoms with Crippen molar-refractivity contribution in [2.45, 2.75) is 24.9 Å². The Morgan fingerprint density at radius 3 is 2.69 bits per heavy atom. The quantitative estimate of drug-likeness (QED) is 0.617. The van der Waals surface area contributed by atoms with E-state index >= 15 is 0 Å². The van der Waals surface area contributed by atoms with Crippen molar-refractivity contribution in [3.63, 3.8) is 0 Å². The van der Waals surface area contributed by atoms with Crippen LogP contribution in [0.1, 0.15) is 19.3 Å². The molecule has 0 radical (unpaired) electrons. The predicted molar refractivity (Wildman–Crippen MR) is 48.3 cm³/mol. The molecule has 1 unspecified atom stereocenters. The van der Waals surface area contributed by atoms with E-state index in [0.29, 0.717) is 12.8 Å². The van der Waals surface area contributed by atoms with Gasteiger partial charge in [-0.15, -0.1) is 0 Å². The van der Waals surface area contributed by atoms with Crippen LogP contribution < -0.4 is 0 Å². The van der Waals surface area contributed by atoms with Crippen LogP contribution in [0.5, 0.6) is 0 Å². The Hall–Kier alpha value is -0.420. The summed E-state index contributed by atoms with van der Waals surface area (Å²) >= 11 is 0. The van der Waals surface area contributed by atoms with Crippen molar-refractivity contribution in [3.8, 4) is 0 Å². The minimum atomic E-state index is -3.01. The molecule has 13 heavy (non-hydrogen) atoms. The van der Waals surface area contributed by atoms with E-state index in [0.717, 1.165) is 6.29 Å². The van der Waals surface area contributed by atoms with Gasteiger partial charge in [-0.05, 0) is 12.8 Å². The first kappa shape index (κ1) is 10.7. The van der Waals surface area contributed by atoms with Crippen LogP contribution in [0.4, 0.5) is 0 Å². The Bertz CT molecular complexity index is 283. The average Bonchev–Trinajstić information content (AvgIpc) is 2.03. The van der Waals surface area contributed by atoms with Gasteiger partial charge in [0.2, 0.25) is 0 Å². The maximum absolute atomic E-state index is 11.3. The van der Waals surface area contributed by atoms with Gasteiger partial charge in [-0.3, -0.25) is 0 Å². The fourth-order valence-corrected chi connectivity index (χ4v) is 3.63. The summed E-state index contributed by atoms with van der Waals surface area (Å²) in [6.45, 7) is 0. The zero-order valence-corrected chi connectivity index (χ0v) is 8.47. The molecule has 0 aromatic carbocycles. The van der Waals surface area contributed by atoms with Crippen molar-refractivity contribution in [1.29, 1.82) is 0 Å². The number of hydrogen-bond donors (Lipinski definition) is 0. The van der Waals surface area contributed by atoms with E-state index in [9.17, 15) is 13.2 Å². The number of ether oxygens (including phenoxy) is 1. The fourth-order valence-electron chi connectivity index (χ4n) is 1.72. The maximum atomic E-state index is 11.3. The summed E-state index contributed by atoms with van der Waals surface area (Å²) in [5.41, 5.74) is -0.751. The van der Waals surface area contributed by atoms with Gasteiger partial charge in [-0.25, -0.2) is 8.42 Å². The molecule has 0 aliphatic carbocycles. The third-order valence-electron chi connectivity index (χ3n) is 2.46. The molecule has 5 heteroatoms. The summed E-state index contributed by atoms with van der Waals surface area (Å²) in [6, 6.07) is 0. The van der Waals surface area contributed by atoms with E-state index < -0.39 is 15.4 Å². The molecule has 1 rings (SSSR count). The molecular weight excluding hydrogens is 192 g/mol. The lowest BCUT2D eigenvalue weighted by Crippen LogP contribution is -2.44. The Labute approximate surface area is 78.2 Å². The lowest BCUT2D eigenvalue weighted by Gasteiger charge is -2.33. The van der Waals surface area contributed by atoms with Crippen molar-refractivity contribution in [1.82, 2.24) is 0 Å². The van der Waals surface area contributed by atoms with Crippen LogP contribution in [0.3, 0.4) is 0 Å². The molecule has 1 aliphatic heterocycles. The standard InChI is InChI=1S/C8H14O4S/c1-12-8(4-5-9)3-2-6-13(10,11)7-8/h5H,2-4,6-7H2,1H3. The molecule has 1 aliphatic rings. The number of rotatable bonds is 3. The second-order valence-electron chi connectivity index (χ2n) is 3.45. The Balaban J connectivity index is 2.81. The van der Waals surface area contributed by atoms with Gasteiger partial charge < -0.3 is 9.53 Å². The summed E-state index contributed by atoms with van der Waals surface area (Å²) in [7, 11) is -1.55. The van der Waals surface area contributed by atoms with Crippen molar-refractivity contribution in [2.24, 2.45) is 0 Å². The minimum absolute atomic E-state index is 0.0186. The van der Waals surface area contributed by atoms with Crippen LogP contribution >= 0.6 is 0 Å². The first-order valence-corrected chi connectivity index (χ1v) is 6.05. The van der Waals surface area contributed by atoms with Gasteiger partial charge in [0.15, 0.2) is 9.84 Å². The van der Waals surface area contributed by atoms with Crippen LogP contribution in [0.25, 0.3) is 0 Å². The minimum Gasteiger partial charge on any atom is -0.377 e. The molecule has 0 bridgehead atoms. The number of sulfone groups is 1. The Morgan fingerprint density at radius 2 is 2.23 bits per heavy atom.